The lowest BCUT2D eigenvalue weighted by atomic mass is 9.71. The summed E-state index contributed by atoms with van der Waals surface area (Å²) in [6, 6.07) is 11.9. The fraction of sp³-hybridized carbons (Fsp3) is 0.542. The molecule has 2 atom stereocenters. The second-order valence-corrected chi connectivity index (χ2v) is 9.43. The van der Waals surface area contributed by atoms with Gasteiger partial charge in [-0.05, 0) is 57.0 Å². The number of carbonyl (C=O) groups is 1. The zero-order valence-corrected chi connectivity index (χ0v) is 17.8. The van der Waals surface area contributed by atoms with Gasteiger partial charge in [-0.3, -0.25) is 0 Å². The third-order valence-electron chi connectivity index (χ3n) is 6.22. The second kappa shape index (κ2) is 7.21. The van der Waals surface area contributed by atoms with Crippen LogP contribution in [0.15, 0.2) is 36.4 Å². The van der Waals surface area contributed by atoms with E-state index in [2.05, 4.69) is 0 Å². The van der Waals surface area contributed by atoms with Gasteiger partial charge in [0.05, 0.1) is 12.7 Å². The van der Waals surface area contributed by atoms with Crippen molar-refractivity contribution in [1.82, 2.24) is 4.90 Å². The van der Waals surface area contributed by atoms with Gasteiger partial charge in [0.15, 0.2) is 0 Å². The molecular weight excluding hydrogens is 366 g/mol. The number of amides is 1. The third kappa shape index (κ3) is 3.68. The molecule has 156 valence electrons. The van der Waals surface area contributed by atoms with Crippen molar-refractivity contribution in [2.24, 2.45) is 0 Å². The average Bonchev–Trinajstić information content (AvgIpc) is 2.65. The monoisotopic (exact) mass is 397 g/mol. The molecule has 0 saturated carbocycles. The van der Waals surface area contributed by atoms with Crippen molar-refractivity contribution in [3.05, 3.63) is 42.0 Å². The maximum Gasteiger partial charge on any atom is 0.410 e. The Kier molecular flexibility index (Phi) is 4.97. The van der Waals surface area contributed by atoms with Crippen LogP contribution in [0.25, 0.3) is 10.8 Å². The van der Waals surface area contributed by atoms with E-state index in [0.29, 0.717) is 12.8 Å². The highest BCUT2D eigenvalue weighted by molar-refractivity contribution is 5.91. The molecule has 2 saturated heterocycles. The summed E-state index contributed by atoms with van der Waals surface area (Å²) in [6.07, 6.45) is 3.67. The Bertz CT molecular complexity index is 903. The summed E-state index contributed by atoms with van der Waals surface area (Å²) in [5.74, 6) is 0.805. The van der Waals surface area contributed by atoms with Gasteiger partial charge >= 0.3 is 6.09 Å². The van der Waals surface area contributed by atoms with Gasteiger partial charge in [0.1, 0.15) is 11.4 Å². The van der Waals surface area contributed by atoms with Crippen molar-refractivity contribution >= 4 is 16.9 Å². The molecule has 4 rings (SSSR count). The summed E-state index contributed by atoms with van der Waals surface area (Å²) in [5.41, 5.74) is -0.569. The fourth-order valence-corrected chi connectivity index (χ4v) is 5.12. The van der Waals surface area contributed by atoms with E-state index in [4.69, 9.17) is 9.47 Å². The van der Waals surface area contributed by atoms with Crippen molar-refractivity contribution in [3.8, 4) is 5.75 Å². The van der Waals surface area contributed by atoms with Gasteiger partial charge in [0, 0.05) is 30.3 Å². The van der Waals surface area contributed by atoms with Crippen LogP contribution in [0.1, 0.15) is 58.4 Å². The minimum absolute atomic E-state index is 0.0109. The van der Waals surface area contributed by atoms with Crippen LogP contribution in [-0.2, 0) is 10.3 Å². The number of hydrogen-bond donors (Lipinski definition) is 1. The fourth-order valence-electron chi connectivity index (χ4n) is 5.12. The highest BCUT2D eigenvalue weighted by Crippen LogP contribution is 2.47. The molecule has 0 spiro atoms. The Morgan fingerprint density at radius 2 is 1.69 bits per heavy atom. The maximum absolute atomic E-state index is 12.9. The Morgan fingerprint density at radius 3 is 2.28 bits per heavy atom. The van der Waals surface area contributed by atoms with Crippen molar-refractivity contribution in [2.75, 3.05) is 7.11 Å². The quantitative estimate of drug-likeness (QED) is 0.776. The first-order valence-electron chi connectivity index (χ1n) is 10.5. The standard InChI is InChI=1S/C24H31NO4/c1-23(2,3)29-22(26)25-16-8-7-9-17(25)15-24(27,14-16)20-12-13-21(28-4)19-11-6-5-10-18(19)20/h5-6,10-13,16-17,27H,7-9,14-15H2,1-4H3. The van der Waals surface area contributed by atoms with Crippen molar-refractivity contribution in [2.45, 2.75) is 76.2 Å². The van der Waals surface area contributed by atoms with Gasteiger partial charge in [-0.15, -0.1) is 0 Å². The second-order valence-electron chi connectivity index (χ2n) is 9.43. The Morgan fingerprint density at radius 1 is 1.07 bits per heavy atom. The number of hydrogen-bond acceptors (Lipinski definition) is 4. The lowest BCUT2D eigenvalue weighted by molar-refractivity contribution is -0.0958. The molecule has 2 heterocycles. The summed E-state index contributed by atoms with van der Waals surface area (Å²) < 4.78 is 11.2. The Balaban J connectivity index is 1.70. The number of benzene rings is 2. The number of carbonyl (C=O) groups excluding carboxylic acids is 1. The van der Waals surface area contributed by atoms with Gasteiger partial charge in [-0.25, -0.2) is 4.79 Å². The average molecular weight is 398 g/mol. The summed E-state index contributed by atoms with van der Waals surface area (Å²) >= 11 is 0. The first kappa shape index (κ1) is 20.0. The van der Waals surface area contributed by atoms with Crippen LogP contribution in [0.3, 0.4) is 0 Å². The summed E-state index contributed by atoms with van der Waals surface area (Å²) in [7, 11) is 1.67. The topological polar surface area (TPSA) is 59.0 Å². The van der Waals surface area contributed by atoms with E-state index in [1.807, 2.05) is 62.1 Å². The molecule has 2 aromatic carbocycles. The predicted molar refractivity (Wildman–Crippen MR) is 113 cm³/mol. The van der Waals surface area contributed by atoms with Crippen molar-refractivity contribution in [3.63, 3.8) is 0 Å². The third-order valence-corrected chi connectivity index (χ3v) is 6.22. The number of piperidine rings is 2. The molecule has 5 heteroatoms. The smallest absolute Gasteiger partial charge is 0.410 e. The molecule has 2 aliphatic rings. The minimum atomic E-state index is -0.972. The zero-order valence-electron chi connectivity index (χ0n) is 17.8. The van der Waals surface area contributed by atoms with Crippen LogP contribution < -0.4 is 4.74 Å². The number of methoxy groups -OCH3 is 1. The van der Waals surface area contributed by atoms with Gasteiger partial charge < -0.3 is 19.5 Å². The van der Waals surface area contributed by atoms with E-state index in [0.717, 1.165) is 41.3 Å². The number of fused-ring (bicyclic) bond motifs is 3. The van der Waals surface area contributed by atoms with E-state index >= 15 is 0 Å². The van der Waals surface area contributed by atoms with Gasteiger partial charge in [0.2, 0.25) is 0 Å². The van der Waals surface area contributed by atoms with Crippen molar-refractivity contribution in [1.29, 1.82) is 0 Å². The molecule has 5 nitrogen and oxygen atoms in total. The van der Waals surface area contributed by atoms with E-state index in [9.17, 15) is 9.90 Å². The molecule has 1 amide bonds. The number of rotatable bonds is 2. The molecule has 0 radical (unpaired) electrons. The lowest BCUT2D eigenvalue weighted by Crippen LogP contribution is -2.59. The van der Waals surface area contributed by atoms with Gasteiger partial charge in [-0.2, -0.15) is 0 Å². The first-order valence-corrected chi connectivity index (χ1v) is 10.5. The highest BCUT2D eigenvalue weighted by Gasteiger charge is 2.49. The van der Waals surface area contributed by atoms with Gasteiger partial charge in [0.25, 0.3) is 0 Å². The maximum atomic E-state index is 12.9. The molecule has 2 aromatic rings. The SMILES string of the molecule is COc1ccc(C2(O)CC3CCCC(C2)N3C(=O)OC(C)(C)C)c2ccccc12. The lowest BCUT2D eigenvalue weighted by Gasteiger charge is -2.52. The van der Waals surface area contributed by atoms with E-state index in [1.165, 1.54) is 0 Å². The summed E-state index contributed by atoms with van der Waals surface area (Å²) in [5, 5.41) is 13.8. The van der Waals surface area contributed by atoms with E-state index in [-0.39, 0.29) is 18.2 Å². The van der Waals surface area contributed by atoms with Crippen LogP contribution in [0.4, 0.5) is 4.79 Å². The minimum Gasteiger partial charge on any atom is -0.496 e. The molecular formula is C24H31NO4. The zero-order chi connectivity index (χ0) is 20.8. The molecule has 2 aliphatic heterocycles. The highest BCUT2D eigenvalue weighted by atomic mass is 16.6. The molecule has 0 aliphatic carbocycles. The van der Waals surface area contributed by atoms with Crippen LogP contribution >= 0.6 is 0 Å². The number of aliphatic hydroxyl groups is 1. The largest absolute Gasteiger partial charge is 0.496 e. The molecule has 0 aromatic heterocycles. The number of ether oxygens (including phenoxy) is 2. The first-order chi connectivity index (χ1) is 13.7. The molecule has 2 unspecified atom stereocenters. The van der Waals surface area contributed by atoms with Crippen LogP contribution in [-0.4, -0.2) is 40.9 Å². The molecule has 29 heavy (non-hydrogen) atoms. The Labute approximate surface area is 172 Å². The van der Waals surface area contributed by atoms with Crippen molar-refractivity contribution < 1.29 is 19.4 Å². The van der Waals surface area contributed by atoms with Crippen LogP contribution in [0.5, 0.6) is 5.75 Å². The number of nitrogens with zero attached hydrogens (tertiary/aromatic N) is 1. The molecule has 2 bridgehead atoms. The summed E-state index contributed by atoms with van der Waals surface area (Å²) in [6.45, 7) is 5.68. The van der Waals surface area contributed by atoms with Crippen LogP contribution in [0.2, 0.25) is 0 Å². The normalized spacial score (nSPS) is 27.0. The van der Waals surface area contributed by atoms with E-state index < -0.39 is 11.2 Å². The predicted octanol–water partition coefficient (Wildman–Crippen LogP) is 4.99. The molecule has 2 fully saturated rings. The van der Waals surface area contributed by atoms with Gasteiger partial charge in [-0.1, -0.05) is 30.3 Å². The summed E-state index contributed by atoms with van der Waals surface area (Å²) in [4.78, 5) is 14.8. The Hall–Kier alpha value is -2.27. The molecule has 1 N–H and O–H groups in total. The van der Waals surface area contributed by atoms with E-state index in [1.54, 1.807) is 7.11 Å². The van der Waals surface area contributed by atoms with Crippen LogP contribution in [0, 0.1) is 0 Å².